The first kappa shape index (κ1) is 12.8. The number of alkyl halides is 3. The zero-order chi connectivity index (χ0) is 12.3. The molecule has 0 aliphatic rings. The van der Waals surface area contributed by atoms with Crippen LogP contribution in [0.3, 0.4) is 0 Å². The van der Waals surface area contributed by atoms with Crippen LogP contribution in [-0.4, -0.2) is 31.1 Å². The molecule has 0 N–H and O–H groups in total. The lowest BCUT2D eigenvalue weighted by Gasteiger charge is -2.16. The van der Waals surface area contributed by atoms with Crippen molar-refractivity contribution in [3.8, 4) is 5.88 Å². The summed E-state index contributed by atoms with van der Waals surface area (Å²) in [5.74, 6) is -0.0326. The molecule has 0 radical (unpaired) electrons. The van der Waals surface area contributed by atoms with Crippen LogP contribution in [-0.2, 0) is 12.7 Å². The first-order valence-corrected chi connectivity index (χ1v) is 4.59. The second kappa shape index (κ2) is 4.69. The van der Waals surface area contributed by atoms with Crippen molar-refractivity contribution in [2.24, 2.45) is 0 Å². The Hall–Kier alpha value is -1.30. The van der Waals surface area contributed by atoms with E-state index in [0.717, 1.165) is 6.07 Å². The molecule has 0 spiro atoms. The fourth-order valence-corrected chi connectivity index (χ4v) is 1.31. The van der Waals surface area contributed by atoms with E-state index in [0.29, 0.717) is 0 Å². The molecule has 0 saturated carbocycles. The lowest BCUT2D eigenvalue weighted by atomic mass is 10.1. The number of ether oxygens (including phenoxy) is 1. The lowest BCUT2D eigenvalue weighted by molar-refractivity contribution is -0.138. The Balaban J connectivity index is 3.17. The van der Waals surface area contributed by atoms with E-state index < -0.39 is 11.7 Å². The number of rotatable bonds is 3. The lowest BCUT2D eigenvalue weighted by Crippen LogP contribution is -2.17. The van der Waals surface area contributed by atoms with Crippen LogP contribution in [0.4, 0.5) is 13.2 Å². The average Bonchev–Trinajstić information content (AvgIpc) is 2.15. The average molecular weight is 234 g/mol. The number of hydrogen-bond acceptors (Lipinski definition) is 3. The summed E-state index contributed by atoms with van der Waals surface area (Å²) in [6, 6.07) is 0.916. The van der Waals surface area contributed by atoms with Crippen LogP contribution < -0.4 is 4.74 Å². The Labute approximate surface area is 91.8 Å². The molecule has 3 nitrogen and oxygen atoms in total. The molecule has 1 aromatic rings. The van der Waals surface area contributed by atoms with Crippen molar-refractivity contribution in [3.63, 3.8) is 0 Å². The van der Waals surface area contributed by atoms with Crippen LogP contribution >= 0.6 is 0 Å². The van der Waals surface area contributed by atoms with E-state index in [2.05, 4.69) is 9.72 Å². The first-order valence-electron chi connectivity index (χ1n) is 4.59. The molecule has 0 bridgehead atoms. The van der Waals surface area contributed by atoms with Crippen molar-refractivity contribution in [2.75, 3.05) is 21.2 Å². The second-order valence-corrected chi connectivity index (χ2v) is 3.62. The number of pyridine rings is 1. The van der Waals surface area contributed by atoms with Gasteiger partial charge in [0.1, 0.15) is 0 Å². The van der Waals surface area contributed by atoms with E-state index in [1.807, 2.05) is 0 Å². The number of aromatic nitrogens is 1. The molecule has 0 amide bonds. The molecule has 1 rings (SSSR count). The highest BCUT2D eigenvalue weighted by atomic mass is 19.4. The summed E-state index contributed by atoms with van der Waals surface area (Å²) in [6.07, 6.45) is -3.19. The van der Waals surface area contributed by atoms with Gasteiger partial charge < -0.3 is 9.64 Å². The molecule has 0 saturated heterocycles. The smallest absolute Gasteiger partial charge is 0.416 e. The van der Waals surface area contributed by atoms with Crippen molar-refractivity contribution < 1.29 is 17.9 Å². The third kappa shape index (κ3) is 3.10. The van der Waals surface area contributed by atoms with Gasteiger partial charge in [-0.15, -0.1) is 0 Å². The van der Waals surface area contributed by atoms with Crippen molar-refractivity contribution in [3.05, 3.63) is 23.4 Å². The number of methoxy groups -OCH3 is 1. The highest BCUT2D eigenvalue weighted by Gasteiger charge is 2.34. The van der Waals surface area contributed by atoms with Gasteiger partial charge in [0.2, 0.25) is 5.88 Å². The van der Waals surface area contributed by atoms with E-state index in [9.17, 15) is 13.2 Å². The fourth-order valence-electron chi connectivity index (χ4n) is 1.31. The summed E-state index contributed by atoms with van der Waals surface area (Å²) in [4.78, 5) is 5.43. The minimum absolute atomic E-state index is 0.0326. The summed E-state index contributed by atoms with van der Waals surface area (Å²) in [5, 5.41) is 0. The normalized spacial score (nSPS) is 11.9. The zero-order valence-corrected chi connectivity index (χ0v) is 9.30. The predicted octanol–water partition coefficient (Wildman–Crippen LogP) is 2.17. The maximum Gasteiger partial charge on any atom is 0.416 e. The number of halogens is 3. The van der Waals surface area contributed by atoms with Gasteiger partial charge in [-0.25, -0.2) is 4.98 Å². The maximum atomic E-state index is 12.7. The Bertz CT molecular complexity index is 364. The quantitative estimate of drug-likeness (QED) is 0.801. The molecule has 90 valence electrons. The SMILES string of the molecule is COc1cc(C(F)(F)F)c(CN(C)C)cn1. The van der Waals surface area contributed by atoms with Gasteiger partial charge in [0.05, 0.1) is 12.7 Å². The van der Waals surface area contributed by atoms with Crippen molar-refractivity contribution >= 4 is 0 Å². The summed E-state index contributed by atoms with van der Waals surface area (Å²) >= 11 is 0. The Morgan fingerprint density at radius 3 is 2.44 bits per heavy atom. The summed E-state index contributed by atoms with van der Waals surface area (Å²) in [5.41, 5.74) is -0.564. The van der Waals surface area contributed by atoms with Gasteiger partial charge in [0.25, 0.3) is 0 Å². The fraction of sp³-hybridized carbons (Fsp3) is 0.500. The molecule has 6 heteroatoms. The Morgan fingerprint density at radius 2 is 2.00 bits per heavy atom. The van der Waals surface area contributed by atoms with Gasteiger partial charge in [0.15, 0.2) is 0 Å². The van der Waals surface area contributed by atoms with Crippen molar-refractivity contribution in [2.45, 2.75) is 12.7 Å². The summed E-state index contributed by atoms with van der Waals surface area (Å²) in [7, 11) is 4.68. The Morgan fingerprint density at radius 1 is 1.38 bits per heavy atom. The first-order chi connectivity index (χ1) is 7.34. The standard InChI is InChI=1S/C10H13F3N2O/c1-15(2)6-7-5-14-9(16-3)4-8(7)10(11,12)13/h4-5H,6H2,1-3H3. The molecule has 0 aromatic carbocycles. The largest absolute Gasteiger partial charge is 0.481 e. The topological polar surface area (TPSA) is 25.4 Å². The monoisotopic (exact) mass is 234 g/mol. The third-order valence-electron chi connectivity index (χ3n) is 1.96. The van der Waals surface area contributed by atoms with Crippen LogP contribution in [0.2, 0.25) is 0 Å². The van der Waals surface area contributed by atoms with Crippen LogP contribution in [0.5, 0.6) is 5.88 Å². The number of nitrogens with zero attached hydrogens (tertiary/aromatic N) is 2. The van der Waals surface area contributed by atoms with Crippen LogP contribution in [0, 0.1) is 0 Å². The Kier molecular flexibility index (Phi) is 3.74. The molecular weight excluding hydrogens is 221 g/mol. The molecule has 0 aliphatic carbocycles. The van der Waals surface area contributed by atoms with E-state index >= 15 is 0 Å². The highest BCUT2D eigenvalue weighted by molar-refractivity contribution is 5.31. The van der Waals surface area contributed by atoms with Crippen molar-refractivity contribution in [1.29, 1.82) is 0 Å². The zero-order valence-electron chi connectivity index (χ0n) is 9.30. The van der Waals surface area contributed by atoms with E-state index in [-0.39, 0.29) is 18.0 Å². The minimum Gasteiger partial charge on any atom is -0.481 e. The van der Waals surface area contributed by atoms with Crippen molar-refractivity contribution in [1.82, 2.24) is 9.88 Å². The molecule has 1 aromatic heterocycles. The summed E-state index contributed by atoms with van der Waals surface area (Å²) in [6.45, 7) is 0.186. The molecule has 0 fully saturated rings. The van der Waals surface area contributed by atoms with Gasteiger partial charge in [-0.3, -0.25) is 0 Å². The van der Waals surface area contributed by atoms with Gasteiger partial charge in [-0.2, -0.15) is 13.2 Å². The molecule has 16 heavy (non-hydrogen) atoms. The molecule has 0 atom stereocenters. The maximum absolute atomic E-state index is 12.7. The third-order valence-corrected chi connectivity index (χ3v) is 1.96. The van der Waals surface area contributed by atoms with Gasteiger partial charge in [-0.1, -0.05) is 0 Å². The predicted molar refractivity (Wildman–Crippen MR) is 53.2 cm³/mol. The van der Waals surface area contributed by atoms with E-state index in [4.69, 9.17) is 0 Å². The highest BCUT2D eigenvalue weighted by Crippen LogP contribution is 2.33. The minimum atomic E-state index is -4.39. The van der Waals surface area contributed by atoms with Gasteiger partial charge >= 0.3 is 6.18 Å². The van der Waals surface area contributed by atoms with Crippen LogP contribution in [0.25, 0.3) is 0 Å². The van der Waals surface area contributed by atoms with Crippen LogP contribution in [0.15, 0.2) is 12.3 Å². The molecule has 0 aliphatic heterocycles. The number of hydrogen-bond donors (Lipinski definition) is 0. The molecular formula is C10H13F3N2O. The van der Waals surface area contributed by atoms with E-state index in [1.165, 1.54) is 13.3 Å². The second-order valence-electron chi connectivity index (χ2n) is 3.62. The van der Waals surface area contributed by atoms with Gasteiger partial charge in [0, 0.05) is 18.8 Å². The van der Waals surface area contributed by atoms with E-state index in [1.54, 1.807) is 19.0 Å². The summed E-state index contributed by atoms with van der Waals surface area (Å²) < 4.78 is 42.8. The van der Waals surface area contributed by atoms with Gasteiger partial charge in [-0.05, 0) is 19.7 Å². The van der Waals surface area contributed by atoms with Crippen LogP contribution in [0.1, 0.15) is 11.1 Å². The molecule has 1 heterocycles. The molecule has 0 unspecified atom stereocenters.